The number of fused-ring (bicyclic) bond motifs is 1. The number of halogens is 1. The highest BCUT2D eigenvalue weighted by atomic mass is 35.5. The summed E-state index contributed by atoms with van der Waals surface area (Å²) in [4.78, 5) is 12.4. The van der Waals surface area contributed by atoms with E-state index in [9.17, 15) is 4.79 Å². The molecule has 2 N–H and O–H groups in total. The summed E-state index contributed by atoms with van der Waals surface area (Å²) in [6.07, 6.45) is 4.12. The zero-order valence-corrected chi connectivity index (χ0v) is 15.9. The van der Waals surface area contributed by atoms with Crippen molar-refractivity contribution in [3.8, 4) is 11.5 Å². The molecule has 25 heavy (non-hydrogen) atoms. The second-order valence-electron chi connectivity index (χ2n) is 7.94. The molecule has 2 bridgehead atoms. The molecule has 1 aliphatic heterocycles. The quantitative estimate of drug-likeness (QED) is 0.537. The van der Waals surface area contributed by atoms with Gasteiger partial charge in [-0.15, -0.1) is 0 Å². The largest absolute Gasteiger partial charge is 1.00 e. The van der Waals surface area contributed by atoms with E-state index < -0.39 is 0 Å². The van der Waals surface area contributed by atoms with Gasteiger partial charge in [0, 0.05) is 42.6 Å². The predicted molar refractivity (Wildman–Crippen MR) is 90.9 cm³/mol. The summed E-state index contributed by atoms with van der Waals surface area (Å²) in [5.41, 5.74) is 2.36. The topological polar surface area (TPSA) is 61.6 Å². The Balaban J connectivity index is 0.00000182. The third kappa shape index (κ3) is 2.47. The molecule has 5 nitrogen and oxygen atoms in total. The number of nitrogens with zero attached hydrogens (tertiary/aromatic N) is 1. The van der Waals surface area contributed by atoms with E-state index in [2.05, 4.69) is 13.1 Å². The van der Waals surface area contributed by atoms with Crippen LogP contribution in [0.2, 0.25) is 0 Å². The van der Waals surface area contributed by atoms with Gasteiger partial charge in [-0.05, 0) is 18.1 Å². The van der Waals surface area contributed by atoms with Crippen LogP contribution >= 0.6 is 0 Å². The summed E-state index contributed by atoms with van der Waals surface area (Å²) >= 11 is 0. The van der Waals surface area contributed by atoms with Crippen molar-refractivity contribution in [3.05, 3.63) is 23.3 Å². The van der Waals surface area contributed by atoms with Gasteiger partial charge in [-0.2, -0.15) is 5.84 Å². The zero-order valence-electron chi connectivity index (χ0n) is 15.2. The van der Waals surface area contributed by atoms with E-state index >= 15 is 0 Å². The molecule has 2 fully saturated rings. The minimum absolute atomic E-state index is 0. The monoisotopic (exact) mass is 366 g/mol. The molecule has 1 aromatic rings. The second-order valence-corrected chi connectivity index (χ2v) is 7.94. The molecule has 4 rings (SSSR count). The molecule has 1 saturated carbocycles. The Labute approximate surface area is 155 Å². The maximum Gasteiger partial charge on any atom is 0.164 e. The van der Waals surface area contributed by atoms with Crippen LogP contribution in [-0.4, -0.2) is 44.2 Å². The van der Waals surface area contributed by atoms with Crippen molar-refractivity contribution < 1.29 is 31.3 Å². The van der Waals surface area contributed by atoms with Gasteiger partial charge in [0.2, 0.25) is 0 Å². The minimum Gasteiger partial charge on any atom is -1.00 e. The Bertz CT molecular complexity index is 706. The second kappa shape index (κ2) is 6.15. The van der Waals surface area contributed by atoms with Crippen molar-refractivity contribution in [1.82, 2.24) is 0 Å². The number of likely N-dealkylation sites (N-methyl/N-ethyl adjacent to an activating group) is 1. The maximum atomic E-state index is 12.4. The average molecular weight is 367 g/mol. The lowest BCUT2D eigenvalue weighted by molar-refractivity contribution is -0.956. The summed E-state index contributed by atoms with van der Waals surface area (Å²) < 4.78 is 11.9. The number of rotatable bonds is 2. The van der Waals surface area contributed by atoms with Crippen LogP contribution in [-0.2, 0) is 16.6 Å². The summed E-state index contributed by atoms with van der Waals surface area (Å²) in [7, 11) is 5.51. The number of ether oxygens (including phenoxy) is 2. The van der Waals surface area contributed by atoms with Crippen LogP contribution in [0.4, 0.5) is 0 Å². The summed E-state index contributed by atoms with van der Waals surface area (Å²) in [6, 6.07) is 4.50. The highest BCUT2D eigenvalue weighted by Crippen LogP contribution is 2.59. The fourth-order valence-electron chi connectivity index (χ4n) is 5.67. The highest BCUT2D eigenvalue weighted by molar-refractivity contribution is 5.82. The number of carbonyl (C=O) groups is 1. The molecule has 4 atom stereocenters. The number of piperidine rings is 1. The molecule has 0 spiro atoms. The van der Waals surface area contributed by atoms with Crippen molar-refractivity contribution in [3.63, 3.8) is 0 Å². The standard InChI is InChI=1S/C19H27N2O3.ClH/c1-21(20)9-8-19-11-13(22)5-6-14(19)15(21)10-12-4-7-16(23-2)18(24-3)17(12)19;/h4,7,14-15H,5-6,8-11,20H2,1-3H3;1H/q+1;/p-1/t14-,15+,19-,21?;/m0./s1. The minimum atomic E-state index is -0.134. The van der Waals surface area contributed by atoms with Gasteiger partial charge >= 0.3 is 0 Å². The summed E-state index contributed by atoms with van der Waals surface area (Å²) in [5.74, 6) is 9.04. The fraction of sp³-hybridized carbons (Fsp3) is 0.632. The van der Waals surface area contributed by atoms with Gasteiger partial charge in [-0.1, -0.05) is 6.07 Å². The van der Waals surface area contributed by atoms with Crippen LogP contribution in [0.3, 0.4) is 0 Å². The average Bonchev–Trinajstić information content (AvgIpc) is 2.57. The van der Waals surface area contributed by atoms with E-state index in [-0.39, 0.29) is 17.8 Å². The number of carbonyl (C=O) groups excluding carboxylic acids is 1. The lowest BCUT2D eigenvalue weighted by Gasteiger charge is -2.59. The van der Waals surface area contributed by atoms with Crippen molar-refractivity contribution in [1.29, 1.82) is 0 Å². The van der Waals surface area contributed by atoms with Crippen LogP contribution in [0.5, 0.6) is 11.5 Å². The third-order valence-corrected chi connectivity index (χ3v) is 6.78. The molecule has 3 aliphatic rings. The third-order valence-electron chi connectivity index (χ3n) is 6.78. The number of likely N-dealkylation sites (tertiary alicyclic amines) is 1. The van der Waals surface area contributed by atoms with Crippen LogP contribution in [0, 0.1) is 5.92 Å². The van der Waals surface area contributed by atoms with Crippen molar-refractivity contribution in [2.45, 2.75) is 43.6 Å². The van der Waals surface area contributed by atoms with E-state index in [1.165, 1.54) is 11.1 Å². The van der Waals surface area contributed by atoms with Crippen molar-refractivity contribution in [2.24, 2.45) is 11.8 Å². The molecule has 138 valence electrons. The Morgan fingerprint density at radius 1 is 1.28 bits per heavy atom. The number of hydrogen-bond acceptors (Lipinski definition) is 4. The van der Waals surface area contributed by atoms with Crippen LogP contribution in [0.1, 0.15) is 36.8 Å². The van der Waals surface area contributed by atoms with Crippen LogP contribution in [0.15, 0.2) is 12.1 Å². The smallest absolute Gasteiger partial charge is 0.164 e. The first-order valence-electron chi connectivity index (χ1n) is 8.83. The molecule has 2 aliphatic carbocycles. The van der Waals surface area contributed by atoms with Gasteiger partial charge < -0.3 is 21.9 Å². The Morgan fingerprint density at radius 2 is 2.04 bits per heavy atom. The first kappa shape index (κ1) is 18.5. The zero-order chi connectivity index (χ0) is 17.1. The van der Waals surface area contributed by atoms with E-state index in [0.29, 0.717) is 35.2 Å². The van der Waals surface area contributed by atoms with Crippen molar-refractivity contribution in [2.75, 3.05) is 27.8 Å². The molecular weight excluding hydrogens is 340 g/mol. The van der Waals surface area contributed by atoms with Gasteiger partial charge in [-0.3, -0.25) is 4.79 Å². The predicted octanol–water partition coefficient (Wildman–Crippen LogP) is -1.04. The molecule has 0 radical (unpaired) electrons. The Hall–Kier alpha value is -1.30. The van der Waals surface area contributed by atoms with E-state index in [0.717, 1.165) is 37.3 Å². The normalized spacial score (nSPS) is 35.9. The van der Waals surface area contributed by atoms with E-state index in [4.69, 9.17) is 15.3 Å². The molecule has 0 aromatic heterocycles. The first-order chi connectivity index (χ1) is 11.4. The maximum absolute atomic E-state index is 12.4. The lowest BCUT2D eigenvalue weighted by Crippen LogP contribution is -3.00. The Morgan fingerprint density at radius 3 is 2.72 bits per heavy atom. The molecule has 1 saturated heterocycles. The molecule has 1 unspecified atom stereocenters. The number of Topliss-reactive ketones (excluding diaryl/α,β-unsaturated/α-hetero) is 1. The summed E-state index contributed by atoms with van der Waals surface area (Å²) in [6.45, 7) is 0.897. The SMILES string of the molecule is COc1ccc2c(c1OC)[C@]13CC[N+](C)(N)[C@H](C2)[C@@H]1CCC(=O)C3.[Cl-]. The van der Waals surface area contributed by atoms with Gasteiger partial charge in [0.1, 0.15) is 11.8 Å². The molecule has 1 heterocycles. The molecular formula is C19H27ClN2O3. The van der Waals surface area contributed by atoms with Gasteiger partial charge in [-0.25, -0.2) is 4.59 Å². The van der Waals surface area contributed by atoms with Crippen LogP contribution < -0.4 is 27.7 Å². The molecule has 6 heteroatoms. The number of quaternary nitrogens is 1. The number of ketones is 1. The van der Waals surface area contributed by atoms with E-state index in [1.807, 2.05) is 6.07 Å². The lowest BCUT2D eigenvalue weighted by atomic mass is 9.51. The number of methoxy groups -OCH3 is 2. The van der Waals surface area contributed by atoms with Crippen LogP contribution in [0.25, 0.3) is 0 Å². The first-order valence-corrected chi connectivity index (χ1v) is 8.83. The number of hydrogen-bond donors (Lipinski definition) is 1. The van der Waals surface area contributed by atoms with Crippen molar-refractivity contribution >= 4 is 5.78 Å². The highest BCUT2D eigenvalue weighted by Gasteiger charge is 2.61. The van der Waals surface area contributed by atoms with E-state index in [1.54, 1.807) is 14.2 Å². The molecule has 1 aromatic carbocycles. The van der Waals surface area contributed by atoms with Gasteiger partial charge in [0.25, 0.3) is 0 Å². The fourth-order valence-corrected chi connectivity index (χ4v) is 5.67. The summed E-state index contributed by atoms with van der Waals surface area (Å²) in [5, 5.41) is 0. The van der Waals surface area contributed by atoms with Gasteiger partial charge in [0.15, 0.2) is 11.5 Å². The number of benzene rings is 1. The number of nitrogens with two attached hydrogens (primary N) is 1. The molecule has 0 amide bonds. The Kier molecular flexibility index (Phi) is 4.55. The van der Waals surface area contributed by atoms with Gasteiger partial charge in [0.05, 0.1) is 27.8 Å².